The van der Waals surface area contributed by atoms with E-state index in [4.69, 9.17) is 11.6 Å². The number of benzene rings is 2. The fourth-order valence-corrected chi connectivity index (χ4v) is 4.00. The third-order valence-electron chi connectivity index (χ3n) is 4.04. The molecular weight excluding hydrogens is 330 g/mol. The molecule has 120 valence electrons. The van der Waals surface area contributed by atoms with Crippen molar-refractivity contribution in [1.29, 1.82) is 0 Å². The van der Waals surface area contributed by atoms with Crippen LogP contribution in [0.5, 0.6) is 5.75 Å². The first-order valence-electron chi connectivity index (χ1n) is 7.54. The third-order valence-corrected chi connectivity index (χ3v) is 5.31. The minimum absolute atomic E-state index is 0.0479. The molecule has 1 N–H and O–H groups in total. The van der Waals surface area contributed by atoms with Crippen LogP contribution in [0.1, 0.15) is 17.2 Å². The highest BCUT2D eigenvalue weighted by Gasteiger charge is 2.28. The molecule has 1 aliphatic heterocycles. The monoisotopic (exact) mass is 347 g/mol. The molecule has 1 saturated heterocycles. The first kappa shape index (κ1) is 16.2. The van der Waals surface area contributed by atoms with E-state index in [9.17, 15) is 9.90 Å². The minimum atomic E-state index is 0.0479. The smallest absolute Gasteiger partial charge is 0.227 e. The van der Waals surface area contributed by atoms with Crippen LogP contribution in [0.3, 0.4) is 0 Å². The van der Waals surface area contributed by atoms with E-state index in [0.29, 0.717) is 10.6 Å². The lowest BCUT2D eigenvalue weighted by Crippen LogP contribution is -2.41. The van der Waals surface area contributed by atoms with Gasteiger partial charge >= 0.3 is 0 Å². The molecule has 0 bridgehead atoms. The molecule has 0 aliphatic carbocycles. The molecule has 1 unspecified atom stereocenters. The number of phenols is 1. The second kappa shape index (κ2) is 7.28. The number of nitrogens with zero attached hydrogens (tertiary/aromatic N) is 1. The summed E-state index contributed by atoms with van der Waals surface area (Å²) in [5.41, 5.74) is 1.78. The van der Waals surface area contributed by atoms with Crippen LogP contribution in [0, 0.1) is 0 Å². The first-order valence-corrected chi connectivity index (χ1v) is 9.08. The van der Waals surface area contributed by atoms with Gasteiger partial charge in [-0.1, -0.05) is 41.9 Å². The molecule has 1 heterocycles. The fraction of sp³-hybridized carbons (Fsp3) is 0.278. The Labute approximate surface area is 145 Å². The number of hydrogen-bond acceptors (Lipinski definition) is 3. The van der Waals surface area contributed by atoms with Gasteiger partial charge in [0.15, 0.2) is 0 Å². The summed E-state index contributed by atoms with van der Waals surface area (Å²) in [7, 11) is 0. The largest absolute Gasteiger partial charge is 0.508 e. The van der Waals surface area contributed by atoms with Gasteiger partial charge < -0.3 is 10.0 Å². The first-order chi connectivity index (χ1) is 11.1. The van der Waals surface area contributed by atoms with Crippen LogP contribution >= 0.6 is 23.4 Å². The van der Waals surface area contributed by atoms with E-state index in [-0.39, 0.29) is 24.1 Å². The number of thioether (sulfide) groups is 1. The average Bonchev–Trinajstić information content (AvgIpc) is 2.58. The molecule has 3 nitrogen and oxygen atoms in total. The number of phenolic OH excluding ortho intramolecular Hbond substituents is 1. The zero-order valence-electron chi connectivity index (χ0n) is 12.6. The Hall–Kier alpha value is -1.65. The number of para-hydroxylation sites is 1. The second-order valence-electron chi connectivity index (χ2n) is 5.53. The van der Waals surface area contributed by atoms with Gasteiger partial charge in [0.2, 0.25) is 5.91 Å². The summed E-state index contributed by atoms with van der Waals surface area (Å²) in [4.78, 5) is 14.7. The van der Waals surface area contributed by atoms with Gasteiger partial charge in [0, 0.05) is 28.6 Å². The van der Waals surface area contributed by atoms with E-state index in [1.54, 1.807) is 18.2 Å². The molecule has 0 radical (unpaired) electrons. The van der Waals surface area contributed by atoms with Crippen molar-refractivity contribution in [3.8, 4) is 5.75 Å². The number of carbonyl (C=O) groups excluding carboxylic acids is 1. The second-order valence-corrected chi connectivity index (χ2v) is 7.12. The van der Waals surface area contributed by atoms with E-state index >= 15 is 0 Å². The maximum atomic E-state index is 12.7. The van der Waals surface area contributed by atoms with Gasteiger partial charge in [0.05, 0.1) is 12.5 Å². The van der Waals surface area contributed by atoms with Gasteiger partial charge in [0.1, 0.15) is 5.75 Å². The summed E-state index contributed by atoms with van der Waals surface area (Å²) in [6.45, 7) is 0.727. The van der Waals surface area contributed by atoms with Crippen LogP contribution in [0.4, 0.5) is 0 Å². The Morgan fingerprint density at radius 2 is 1.96 bits per heavy atom. The van der Waals surface area contributed by atoms with Gasteiger partial charge in [-0.05, 0) is 23.8 Å². The maximum absolute atomic E-state index is 12.7. The van der Waals surface area contributed by atoms with Gasteiger partial charge in [0.25, 0.3) is 0 Å². The van der Waals surface area contributed by atoms with Crippen molar-refractivity contribution in [3.63, 3.8) is 0 Å². The predicted octanol–water partition coefficient (Wildman–Crippen LogP) is 3.90. The number of carbonyl (C=O) groups is 1. The zero-order chi connectivity index (χ0) is 16.2. The minimum Gasteiger partial charge on any atom is -0.508 e. The number of hydrogen-bond donors (Lipinski definition) is 1. The van der Waals surface area contributed by atoms with E-state index in [1.807, 2.05) is 47.0 Å². The van der Waals surface area contributed by atoms with Gasteiger partial charge in [-0.3, -0.25) is 4.79 Å². The third kappa shape index (κ3) is 3.82. The van der Waals surface area contributed by atoms with Crippen molar-refractivity contribution in [3.05, 3.63) is 64.7 Å². The molecule has 2 aromatic carbocycles. The highest BCUT2D eigenvalue weighted by Crippen LogP contribution is 2.31. The quantitative estimate of drug-likeness (QED) is 0.915. The maximum Gasteiger partial charge on any atom is 0.227 e. The summed E-state index contributed by atoms with van der Waals surface area (Å²) in [6, 6.07) is 14.8. The summed E-state index contributed by atoms with van der Waals surface area (Å²) in [6.07, 6.45) is 0.224. The van der Waals surface area contributed by atoms with Crippen LogP contribution in [0.15, 0.2) is 48.5 Å². The molecule has 3 rings (SSSR count). The van der Waals surface area contributed by atoms with Crippen LogP contribution in [0.2, 0.25) is 5.02 Å². The highest BCUT2D eigenvalue weighted by molar-refractivity contribution is 7.99. The number of amides is 1. The van der Waals surface area contributed by atoms with Crippen molar-refractivity contribution in [2.24, 2.45) is 0 Å². The van der Waals surface area contributed by atoms with Gasteiger partial charge in [-0.25, -0.2) is 0 Å². The molecule has 1 fully saturated rings. The molecule has 1 atom stereocenters. The normalized spacial score (nSPS) is 18.0. The molecular formula is C18H18ClNO2S. The lowest BCUT2D eigenvalue weighted by Gasteiger charge is -2.36. The SMILES string of the molecule is O=C(Cc1ccccc1O)N1CCSCC1c1ccc(Cl)cc1. The van der Waals surface area contributed by atoms with Crippen LogP contribution in [-0.2, 0) is 11.2 Å². The van der Waals surface area contributed by atoms with Crippen molar-refractivity contribution in [1.82, 2.24) is 4.90 Å². The van der Waals surface area contributed by atoms with E-state index < -0.39 is 0 Å². The molecule has 1 amide bonds. The predicted molar refractivity (Wildman–Crippen MR) is 95.0 cm³/mol. The Morgan fingerprint density at radius 1 is 1.22 bits per heavy atom. The van der Waals surface area contributed by atoms with Gasteiger partial charge in [-0.15, -0.1) is 0 Å². The molecule has 1 aliphatic rings. The van der Waals surface area contributed by atoms with Crippen molar-refractivity contribution in [2.75, 3.05) is 18.1 Å². The summed E-state index contributed by atoms with van der Waals surface area (Å²) in [5.74, 6) is 2.05. The van der Waals surface area contributed by atoms with Crippen LogP contribution < -0.4 is 0 Å². The molecule has 0 saturated carbocycles. The summed E-state index contributed by atoms with van der Waals surface area (Å²) in [5, 5.41) is 10.6. The zero-order valence-corrected chi connectivity index (χ0v) is 14.2. The topological polar surface area (TPSA) is 40.5 Å². The Balaban J connectivity index is 1.79. The lowest BCUT2D eigenvalue weighted by atomic mass is 10.0. The van der Waals surface area contributed by atoms with Crippen molar-refractivity contribution in [2.45, 2.75) is 12.5 Å². The number of aromatic hydroxyl groups is 1. The molecule has 23 heavy (non-hydrogen) atoms. The van der Waals surface area contributed by atoms with Crippen molar-refractivity contribution >= 4 is 29.3 Å². The molecule has 0 aromatic heterocycles. The number of halogens is 1. The highest BCUT2D eigenvalue weighted by atomic mass is 35.5. The van der Waals surface area contributed by atoms with Crippen LogP contribution in [0.25, 0.3) is 0 Å². The van der Waals surface area contributed by atoms with Crippen LogP contribution in [-0.4, -0.2) is 34.0 Å². The van der Waals surface area contributed by atoms with E-state index in [1.165, 1.54) is 0 Å². The standard InChI is InChI=1S/C18H18ClNO2S/c19-15-7-5-13(6-8-15)16-12-23-10-9-20(16)18(22)11-14-3-1-2-4-17(14)21/h1-8,16,21H,9-12H2. The van der Waals surface area contributed by atoms with Crippen molar-refractivity contribution < 1.29 is 9.90 Å². The molecule has 0 spiro atoms. The fourth-order valence-electron chi connectivity index (χ4n) is 2.79. The summed E-state index contributed by atoms with van der Waals surface area (Å²) >= 11 is 7.82. The lowest BCUT2D eigenvalue weighted by molar-refractivity contribution is -0.132. The Bertz CT molecular complexity index is 690. The Morgan fingerprint density at radius 3 is 2.70 bits per heavy atom. The molecule has 2 aromatic rings. The molecule has 5 heteroatoms. The van der Waals surface area contributed by atoms with E-state index in [0.717, 1.165) is 23.6 Å². The summed E-state index contributed by atoms with van der Waals surface area (Å²) < 4.78 is 0. The van der Waals surface area contributed by atoms with E-state index in [2.05, 4.69) is 0 Å². The number of rotatable bonds is 3. The Kier molecular flexibility index (Phi) is 5.13. The van der Waals surface area contributed by atoms with Gasteiger partial charge in [-0.2, -0.15) is 11.8 Å². The average molecular weight is 348 g/mol.